The molecule has 1 aromatic carbocycles. The second-order valence-corrected chi connectivity index (χ2v) is 2.73. The van der Waals surface area contributed by atoms with Gasteiger partial charge in [0.2, 0.25) is 0 Å². The van der Waals surface area contributed by atoms with E-state index in [1.807, 2.05) is 6.07 Å². The van der Waals surface area contributed by atoms with Crippen molar-refractivity contribution in [3.8, 4) is 6.07 Å². The topological polar surface area (TPSA) is 23.8 Å². The van der Waals surface area contributed by atoms with Crippen molar-refractivity contribution in [3.63, 3.8) is 0 Å². The average molecular weight is 193 g/mol. The lowest BCUT2D eigenvalue weighted by Gasteiger charge is -1.98. The number of allylic oxidation sites excluding steroid dienone is 1. The van der Waals surface area contributed by atoms with Crippen LogP contribution < -0.4 is 0 Å². The molecule has 0 saturated heterocycles. The van der Waals surface area contributed by atoms with E-state index in [4.69, 9.17) is 5.26 Å². The summed E-state index contributed by atoms with van der Waals surface area (Å²) in [4.78, 5) is 0. The second kappa shape index (κ2) is 5.13. The van der Waals surface area contributed by atoms with Gasteiger partial charge in [-0.3, -0.25) is 0 Å². The van der Waals surface area contributed by atoms with E-state index < -0.39 is 6.43 Å². The molecule has 1 nitrogen and oxygen atoms in total. The summed E-state index contributed by atoms with van der Waals surface area (Å²) in [6.07, 6.45) is 1.33. The molecular weight excluding hydrogens is 184 g/mol. The Hall–Kier alpha value is -1.69. The molecule has 0 N–H and O–H groups in total. The van der Waals surface area contributed by atoms with Gasteiger partial charge in [-0.1, -0.05) is 36.4 Å². The summed E-state index contributed by atoms with van der Waals surface area (Å²) in [6, 6.07) is 7.95. The fraction of sp³-hybridized carbons (Fsp3) is 0.182. The van der Waals surface area contributed by atoms with Crippen molar-refractivity contribution in [2.24, 2.45) is 0 Å². The lowest BCUT2D eigenvalue weighted by atomic mass is 10.1. The van der Waals surface area contributed by atoms with Gasteiger partial charge in [0.15, 0.2) is 0 Å². The van der Waals surface area contributed by atoms with Crippen molar-refractivity contribution >= 4 is 6.08 Å². The van der Waals surface area contributed by atoms with Gasteiger partial charge in [0.25, 0.3) is 6.43 Å². The van der Waals surface area contributed by atoms with Crippen molar-refractivity contribution in [1.82, 2.24) is 0 Å². The van der Waals surface area contributed by atoms with Gasteiger partial charge in [0.1, 0.15) is 0 Å². The Morgan fingerprint density at radius 3 is 2.43 bits per heavy atom. The van der Waals surface area contributed by atoms with Crippen LogP contribution in [0.3, 0.4) is 0 Å². The van der Waals surface area contributed by atoms with Crippen LogP contribution in [0.1, 0.15) is 24.0 Å². The number of hydrogen-bond donors (Lipinski definition) is 0. The Labute approximate surface area is 81.3 Å². The van der Waals surface area contributed by atoms with Crippen LogP contribution in [0, 0.1) is 11.3 Å². The lowest BCUT2D eigenvalue weighted by molar-refractivity contribution is 0.151. The van der Waals surface area contributed by atoms with Crippen LogP contribution in [0.5, 0.6) is 0 Å². The molecule has 0 bridgehead atoms. The minimum Gasteiger partial charge on any atom is -0.205 e. The van der Waals surface area contributed by atoms with Crippen LogP contribution in [-0.2, 0) is 0 Å². The molecule has 1 aromatic rings. The van der Waals surface area contributed by atoms with Crippen molar-refractivity contribution in [1.29, 1.82) is 5.26 Å². The number of halogens is 2. The van der Waals surface area contributed by atoms with Crippen LogP contribution >= 0.6 is 0 Å². The third-order valence-corrected chi connectivity index (χ3v) is 1.71. The van der Waals surface area contributed by atoms with Crippen molar-refractivity contribution < 1.29 is 8.78 Å². The first-order chi connectivity index (χ1) is 6.74. The molecule has 0 heterocycles. The zero-order chi connectivity index (χ0) is 10.4. The molecule has 3 heteroatoms. The van der Waals surface area contributed by atoms with E-state index in [2.05, 4.69) is 0 Å². The number of nitriles is 1. The highest BCUT2D eigenvalue weighted by Gasteiger charge is 2.04. The van der Waals surface area contributed by atoms with Crippen LogP contribution in [0.2, 0.25) is 0 Å². The van der Waals surface area contributed by atoms with E-state index >= 15 is 0 Å². The number of nitrogens with zero attached hydrogens (tertiary/aromatic N) is 1. The lowest BCUT2D eigenvalue weighted by Crippen LogP contribution is -1.82. The Morgan fingerprint density at radius 1 is 1.29 bits per heavy atom. The minimum absolute atomic E-state index is 0.0161. The summed E-state index contributed by atoms with van der Waals surface area (Å²) in [7, 11) is 0. The summed E-state index contributed by atoms with van der Waals surface area (Å²) >= 11 is 0. The third kappa shape index (κ3) is 2.98. The first kappa shape index (κ1) is 10.4. The summed E-state index contributed by atoms with van der Waals surface area (Å²) in [6.45, 7) is 0. The monoisotopic (exact) mass is 193 g/mol. The van der Waals surface area contributed by atoms with Gasteiger partial charge in [-0.25, -0.2) is 8.78 Å². The Kier molecular flexibility index (Phi) is 3.81. The molecule has 0 aliphatic rings. The van der Waals surface area contributed by atoms with Crippen molar-refractivity contribution in [3.05, 3.63) is 41.5 Å². The van der Waals surface area contributed by atoms with E-state index in [0.29, 0.717) is 6.42 Å². The number of rotatable bonds is 3. The van der Waals surface area contributed by atoms with Crippen LogP contribution in [0.15, 0.2) is 30.3 Å². The predicted octanol–water partition coefficient (Wildman–Crippen LogP) is 3.55. The molecule has 0 amide bonds. The SMILES string of the molecule is N#CCC=Cc1ccc(C(F)F)cc1. The Balaban J connectivity index is 2.70. The van der Waals surface area contributed by atoms with E-state index in [1.54, 1.807) is 24.3 Å². The largest absolute Gasteiger partial charge is 0.263 e. The van der Waals surface area contributed by atoms with Crippen LogP contribution in [-0.4, -0.2) is 0 Å². The maximum atomic E-state index is 12.1. The molecule has 0 aromatic heterocycles. The first-order valence-corrected chi connectivity index (χ1v) is 4.15. The molecule has 0 aliphatic carbocycles. The van der Waals surface area contributed by atoms with E-state index in [0.717, 1.165) is 5.56 Å². The molecule has 72 valence electrons. The molecule has 0 atom stereocenters. The van der Waals surface area contributed by atoms with Gasteiger partial charge in [0, 0.05) is 5.56 Å². The number of alkyl halides is 2. The summed E-state index contributed by atoms with van der Waals surface area (Å²) < 4.78 is 24.3. The van der Waals surface area contributed by atoms with Crippen LogP contribution in [0.4, 0.5) is 8.78 Å². The Morgan fingerprint density at radius 2 is 1.93 bits per heavy atom. The first-order valence-electron chi connectivity index (χ1n) is 4.15. The van der Waals surface area contributed by atoms with Gasteiger partial charge in [-0.05, 0) is 5.56 Å². The average Bonchev–Trinajstić information content (AvgIpc) is 2.19. The Bertz CT molecular complexity index is 347. The van der Waals surface area contributed by atoms with Gasteiger partial charge in [-0.2, -0.15) is 5.26 Å². The number of benzene rings is 1. The summed E-state index contributed by atoms with van der Waals surface area (Å²) in [5.41, 5.74) is 0.840. The van der Waals surface area contributed by atoms with Gasteiger partial charge in [0.05, 0.1) is 12.5 Å². The molecule has 0 saturated carbocycles. The highest BCUT2D eigenvalue weighted by Crippen LogP contribution is 2.18. The molecule has 14 heavy (non-hydrogen) atoms. The van der Waals surface area contributed by atoms with Gasteiger partial charge < -0.3 is 0 Å². The van der Waals surface area contributed by atoms with Gasteiger partial charge >= 0.3 is 0 Å². The zero-order valence-electron chi connectivity index (χ0n) is 7.45. The summed E-state index contributed by atoms with van der Waals surface area (Å²) in [5, 5.41) is 8.26. The molecule has 1 rings (SSSR count). The minimum atomic E-state index is -2.42. The standard InChI is InChI=1S/C11H9F2N/c12-11(13)10-6-4-9(5-7-10)3-1-2-8-14/h1,3-7,11H,2H2. The third-order valence-electron chi connectivity index (χ3n) is 1.71. The molecule has 0 spiro atoms. The fourth-order valence-electron chi connectivity index (χ4n) is 1.00. The quantitative estimate of drug-likeness (QED) is 0.720. The molecule has 0 unspecified atom stereocenters. The number of hydrogen-bond acceptors (Lipinski definition) is 1. The van der Waals surface area contributed by atoms with Crippen molar-refractivity contribution in [2.75, 3.05) is 0 Å². The fourth-order valence-corrected chi connectivity index (χ4v) is 1.00. The molecule has 0 aliphatic heterocycles. The maximum Gasteiger partial charge on any atom is 0.263 e. The molecule has 0 radical (unpaired) electrons. The highest BCUT2D eigenvalue weighted by atomic mass is 19.3. The smallest absolute Gasteiger partial charge is 0.205 e. The highest BCUT2D eigenvalue weighted by molar-refractivity contribution is 5.49. The van der Waals surface area contributed by atoms with E-state index in [1.165, 1.54) is 12.1 Å². The maximum absolute atomic E-state index is 12.1. The van der Waals surface area contributed by atoms with E-state index in [9.17, 15) is 8.78 Å². The van der Waals surface area contributed by atoms with E-state index in [-0.39, 0.29) is 5.56 Å². The second-order valence-electron chi connectivity index (χ2n) is 2.73. The zero-order valence-corrected chi connectivity index (χ0v) is 7.45. The van der Waals surface area contributed by atoms with Crippen LogP contribution in [0.25, 0.3) is 6.08 Å². The normalized spacial score (nSPS) is 10.7. The molecule has 0 fully saturated rings. The van der Waals surface area contributed by atoms with Crippen molar-refractivity contribution in [2.45, 2.75) is 12.8 Å². The van der Waals surface area contributed by atoms with Gasteiger partial charge in [-0.15, -0.1) is 0 Å². The molecular formula is C11H9F2N. The predicted molar refractivity (Wildman–Crippen MR) is 50.7 cm³/mol. The summed E-state index contributed by atoms with van der Waals surface area (Å²) in [5.74, 6) is 0.